The van der Waals surface area contributed by atoms with Crippen LogP contribution in [-0.2, 0) is 12.8 Å². The van der Waals surface area contributed by atoms with Gasteiger partial charge in [-0.25, -0.2) is 4.98 Å². The van der Waals surface area contributed by atoms with Gasteiger partial charge in [-0.15, -0.1) is 0 Å². The number of carbonyl (C=O) groups is 1. The van der Waals surface area contributed by atoms with E-state index in [0.717, 1.165) is 35.3 Å². The molecule has 3 heterocycles. The van der Waals surface area contributed by atoms with Gasteiger partial charge < -0.3 is 9.84 Å². The molecule has 3 aromatic rings. The average molecular weight is 308 g/mol. The Morgan fingerprint density at radius 3 is 3.09 bits per heavy atom. The van der Waals surface area contributed by atoms with Crippen molar-refractivity contribution in [3.05, 3.63) is 53.5 Å². The minimum absolute atomic E-state index is 0.0253. The maximum Gasteiger partial charge on any atom is 0.251 e. The number of rotatable bonds is 3. The summed E-state index contributed by atoms with van der Waals surface area (Å²) in [6.45, 7) is 2.72. The molecule has 0 saturated heterocycles. The van der Waals surface area contributed by atoms with Crippen molar-refractivity contribution in [3.8, 4) is 17.3 Å². The molecule has 0 fully saturated rings. The molecule has 6 nitrogen and oxygen atoms in total. The Kier molecular flexibility index (Phi) is 3.22. The van der Waals surface area contributed by atoms with Gasteiger partial charge in [0.15, 0.2) is 5.82 Å². The fourth-order valence-corrected chi connectivity index (χ4v) is 2.83. The van der Waals surface area contributed by atoms with Crippen LogP contribution in [0.2, 0.25) is 0 Å². The van der Waals surface area contributed by atoms with Crippen LogP contribution < -0.4 is 5.32 Å². The van der Waals surface area contributed by atoms with Crippen LogP contribution in [0.5, 0.6) is 0 Å². The number of nitrogens with one attached hydrogen (secondary N) is 1. The largest absolute Gasteiger partial charge is 0.353 e. The number of amides is 1. The highest BCUT2D eigenvalue weighted by atomic mass is 16.5. The maximum absolute atomic E-state index is 12.0. The summed E-state index contributed by atoms with van der Waals surface area (Å²) in [5.41, 5.74) is 3.56. The van der Waals surface area contributed by atoms with Crippen LogP contribution in [0.25, 0.3) is 17.3 Å². The maximum atomic E-state index is 12.0. The number of aromatic nitrogens is 3. The van der Waals surface area contributed by atoms with E-state index in [0.29, 0.717) is 18.1 Å². The minimum Gasteiger partial charge on any atom is -0.353 e. The van der Waals surface area contributed by atoms with Crippen molar-refractivity contribution in [3.63, 3.8) is 0 Å². The highest BCUT2D eigenvalue weighted by Crippen LogP contribution is 2.25. The van der Waals surface area contributed by atoms with Crippen molar-refractivity contribution in [1.29, 1.82) is 0 Å². The first-order valence-electron chi connectivity index (χ1n) is 7.67. The number of imidazole rings is 1. The molecule has 4 rings (SSSR count). The minimum atomic E-state index is -0.0253. The van der Waals surface area contributed by atoms with E-state index in [-0.39, 0.29) is 5.91 Å². The molecule has 0 aliphatic carbocycles. The monoisotopic (exact) mass is 308 g/mol. The van der Waals surface area contributed by atoms with Crippen molar-refractivity contribution < 1.29 is 9.32 Å². The Balaban J connectivity index is 1.79. The van der Waals surface area contributed by atoms with Crippen LogP contribution in [0, 0.1) is 0 Å². The van der Waals surface area contributed by atoms with Crippen molar-refractivity contribution >= 4 is 5.91 Å². The Morgan fingerprint density at radius 2 is 2.26 bits per heavy atom. The van der Waals surface area contributed by atoms with E-state index >= 15 is 0 Å². The summed E-state index contributed by atoms with van der Waals surface area (Å²) in [6.07, 6.45) is 5.23. The molecule has 0 spiro atoms. The fraction of sp³-hybridized carbons (Fsp3) is 0.235. The molecule has 0 saturated carbocycles. The van der Waals surface area contributed by atoms with Crippen molar-refractivity contribution in [2.45, 2.75) is 19.8 Å². The number of benzene rings is 1. The summed E-state index contributed by atoms with van der Waals surface area (Å²) < 4.78 is 7.29. The zero-order chi connectivity index (χ0) is 15.8. The molecule has 116 valence electrons. The van der Waals surface area contributed by atoms with E-state index in [1.54, 1.807) is 6.20 Å². The predicted octanol–water partition coefficient (Wildman–Crippen LogP) is 2.38. The molecule has 2 aromatic heterocycles. The van der Waals surface area contributed by atoms with Gasteiger partial charge in [-0.1, -0.05) is 18.1 Å². The van der Waals surface area contributed by atoms with E-state index in [9.17, 15) is 4.79 Å². The SMILES string of the molecule is CCc1cc(-c2nccn2-c2ccc3c(c2)C(=O)NCC3)on1. The van der Waals surface area contributed by atoms with E-state index in [1.807, 2.05) is 42.0 Å². The third-order valence-electron chi connectivity index (χ3n) is 4.08. The molecule has 1 aliphatic rings. The summed E-state index contributed by atoms with van der Waals surface area (Å²) in [5.74, 6) is 1.27. The van der Waals surface area contributed by atoms with Crippen LogP contribution in [0.3, 0.4) is 0 Å². The van der Waals surface area contributed by atoms with E-state index < -0.39 is 0 Å². The van der Waals surface area contributed by atoms with E-state index in [1.165, 1.54) is 0 Å². The Labute approximate surface area is 133 Å². The van der Waals surface area contributed by atoms with Gasteiger partial charge in [-0.2, -0.15) is 0 Å². The molecule has 1 N–H and O–H groups in total. The second-order valence-electron chi connectivity index (χ2n) is 5.50. The Hall–Kier alpha value is -2.89. The molecule has 1 aromatic carbocycles. The summed E-state index contributed by atoms with van der Waals surface area (Å²) in [5, 5.41) is 6.89. The van der Waals surface area contributed by atoms with Gasteiger partial charge in [0.2, 0.25) is 5.76 Å². The number of carbonyl (C=O) groups excluding carboxylic acids is 1. The molecule has 6 heteroatoms. The lowest BCUT2D eigenvalue weighted by Crippen LogP contribution is -2.31. The molecule has 1 amide bonds. The van der Waals surface area contributed by atoms with Gasteiger partial charge in [0, 0.05) is 36.3 Å². The first-order chi connectivity index (χ1) is 11.3. The van der Waals surface area contributed by atoms with Crippen LogP contribution in [0.4, 0.5) is 0 Å². The van der Waals surface area contributed by atoms with Gasteiger partial charge >= 0.3 is 0 Å². The van der Waals surface area contributed by atoms with Crippen LogP contribution in [0.15, 0.2) is 41.2 Å². The Bertz CT molecular complexity index is 878. The molecule has 23 heavy (non-hydrogen) atoms. The Morgan fingerprint density at radius 1 is 1.35 bits per heavy atom. The number of fused-ring (bicyclic) bond motifs is 1. The molecule has 0 atom stereocenters. The lowest BCUT2D eigenvalue weighted by molar-refractivity contribution is 0.0946. The van der Waals surface area contributed by atoms with Crippen LogP contribution >= 0.6 is 0 Å². The van der Waals surface area contributed by atoms with Crippen molar-refractivity contribution in [2.75, 3.05) is 6.54 Å². The summed E-state index contributed by atoms with van der Waals surface area (Å²) in [4.78, 5) is 16.4. The van der Waals surface area contributed by atoms with Crippen molar-refractivity contribution in [2.24, 2.45) is 0 Å². The molecule has 0 bridgehead atoms. The molecular formula is C17H16N4O2. The fourth-order valence-electron chi connectivity index (χ4n) is 2.83. The standard InChI is InChI=1S/C17H16N4O2/c1-2-12-9-15(23-20-12)16-18-7-8-21(16)13-4-3-11-5-6-19-17(22)14(11)10-13/h3-4,7-10H,2,5-6H2,1H3,(H,19,22). The quantitative estimate of drug-likeness (QED) is 0.806. The van der Waals surface area contributed by atoms with Gasteiger partial charge in [0.1, 0.15) is 0 Å². The lowest BCUT2D eigenvalue weighted by Gasteiger charge is -2.17. The average Bonchev–Trinajstić information content (AvgIpc) is 3.23. The topological polar surface area (TPSA) is 73.0 Å². The molecule has 0 unspecified atom stereocenters. The number of aryl methyl sites for hydroxylation is 1. The summed E-state index contributed by atoms with van der Waals surface area (Å²) >= 11 is 0. The van der Waals surface area contributed by atoms with Gasteiger partial charge in [0.05, 0.1) is 5.69 Å². The van der Waals surface area contributed by atoms with Gasteiger partial charge in [0.25, 0.3) is 5.91 Å². The lowest BCUT2D eigenvalue weighted by atomic mass is 10.00. The van der Waals surface area contributed by atoms with E-state index in [2.05, 4.69) is 15.5 Å². The first-order valence-corrected chi connectivity index (χ1v) is 7.67. The zero-order valence-corrected chi connectivity index (χ0v) is 12.7. The van der Waals surface area contributed by atoms with Gasteiger partial charge in [-0.05, 0) is 30.5 Å². The second kappa shape index (κ2) is 5.39. The summed E-state index contributed by atoms with van der Waals surface area (Å²) in [6, 6.07) is 7.79. The summed E-state index contributed by atoms with van der Waals surface area (Å²) in [7, 11) is 0. The van der Waals surface area contributed by atoms with E-state index in [4.69, 9.17) is 4.52 Å². The number of hydrogen-bond donors (Lipinski definition) is 1. The number of hydrogen-bond acceptors (Lipinski definition) is 4. The molecule has 1 aliphatic heterocycles. The third kappa shape index (κ3) is 2.32. The van der Waals surface area contributed by atoms with Crippen molar-refractivity contribution in [1.82, 2.24) is 20.0 Å². The molecule has 0 radical (unpaired) electrons. The smallest absolute Gasteiger partial charge is 0.251 e. The number of nitrogens with zero attached hydrogens (tertiary/aromatic N) is 3. The second-order valence-corrected chi connectivity index (χ2v) is 5.50. The van der Waals surface area contributed by atoms with Crippen LogP contribution in [-0.4, -0.2) is 27.2 Å². The van der Waals surface area contributed by atoms with Gasteiger partial charge in [-0.3, -0.25) is 9.36 Å². The third-order valence-corrected chi connectivity index (χ3v) is 4.08. The van der Waals surface area contributed by atoms with Crippen LogP contribution in [0.1, 0.15) is 28.5 Å². The highest BCUT2D eigenvalue weighted by Gasteiger charge is 2.19. The predicted molar refractivity (Wildman–Crippen MR) is 84.5 cm³/mol. The highest BCUT2D eigenvalue weighted by molar-refractivity contribution is 5.97. The first kappa shape index (κ1) is 13.8. The zero-order valence-electron chi connectivity index (χ0n) is 12.7. The molecular weight excluding hydrogens is 292 g/mol. The normalized spacial score (nSPS) is 13.7.